The fourth-order valence-electron chi connectivity index (χ4n) is 0.937. The van der Waals surface area contributed by atoms with Gasteiger partial charge in [-0.2, -0.15) is 0 Å². The maximum absolute atomic E-state index is 5.24. The van der Waals surface area contributed by atoms with Crippen LogP contribution >= 0.6 is 0 Å². The van der Waals surface area contributed by atoms with Crippen molar-refractivity contribution in [2.75, 3.05) is 6.61 Å². The first-order valence-corrected chi connectivity index (χ1v) is 3.28. The second kappa shape index (κ2) is 3.45. The molecule has 3 heteroatoms. The van der Waals surface area contributed by atoms with Crippen LogP contribution in [0.3, 0.4) is 0 Å². The minimum atomic E-state index is 0.0451. The van der Waals surface area contributed by atoms with Crippen molar-refractivity contribution >= 4 is 6.34 Å². The van der Waals surface area contributed by atoms with E-state index in [9.17, 15) is 0 Å². The van der Waals surface area contributed by atoms with Gasteiger partial charge in [0.15, 0.2) is 0 Å². The molecular formula is C6H12N2O. The number of rotatable bonds is 1. The maximum atomic E-state index is 5.24. The van der Waals surface area contributed by atoms with Crippen molar-refractivity contribution < 1.29 is 4.74 Å². The minimum Gasteiger partial charge on any atom is -0.390 e. The smallest absolute Gasteiger partial charge is 0.149 e. The first-order chi connectivity index (χ1) is 4.43. The molecule has 1 aliphatic heterocycles. The SMILES string of the molecule is N/C=N/C1CCCCO1. The average Bonchev–Trinajstić information content (AvgIpc) is 1.91. The van der Waals surface area contributed by atoms with Crippen molar-refractivity contribution in [2.45, 2.75) is 25.5 Å². The van der Waals surface area contributed by atoms with Gasteiger partial charge in [0, 0.05) is 6.61 Å². The quantitative estimate of drug-likeness (QED) is 0.413. The van der Waals surface area contributed by atoms with Gasteiger partial charge in [-0.05, 0) is 19.3 Å². The Morgan fingerprint density at radius 1 is 1.56 bits per heavy atom. The molecule has 0 bridgehead atoms. The van der Waals surface area contributed by atoms with Crippen LogP contribution in [0, 0.1) is 0 Å². The molecule has 2 N–H and O–H groups in total. The predicted molar refractivity (Wildman–Crippen MR) is 36.3 cm³/mol. The van der Waals surface area contributed by atoms with Crippen molar-refractivity contribution in [2.24, 2.45) is 10.7 Å². The Balaban J connectivity index is 2.23. The molecule has 0 aliphatic carbocycles. The van der Waals surface area contributed by atoms with Gasteiger partial charge >= 0.3 is 0 Å². The fraction of sp³-hybridized carbons (Fsp3) is 0.833. The van der Waals surface area contributed by atoms with E-state index in [-0.39, 0.29) is 6.23 Å². The summed E-state index contributed by atoms with van der Waals surface area (Å²) in [5, 5.41) is 0. The van der Waals surface area contributed by atoms with E-state index in [4.69, 9.17) is 10.5 Å². The van der Waals surface area contributed by atoms with Crippen LogP contribution in [-0.2, 0) is 4.74 Å². The van der Waals surface area contributed by atoms with Crippen molar-refractivity contribution in [1.82, 2.24) is 0 Å². The Labute approximate surface area is 54.9 Å². The molecule has 52 valence electrons. The van der Waals surface area contributed by atoms with Crippen molar-refractivity contribution in [3.63, 3.8) is 0 Å². The highest BCUT2D eigenvalue weighted by Crippen LogP contribution is 2.12. The lowest BCUT2D eigenvalue weighted by atomic mass is 10.2. The van der Waals surface area contributed by atoms with Crippen molar-refractivity contribution in [3.8, 4) is 0 Å². The molecule has 1 aliphatic rings. The lowest BCUT2D eigenvalue weighted by Crippen LogP contribution is -2.17. The van der Waals surface area contributed by atoms with Gasteiger partial charge in [0.1, 0.15) is 6.23 Å². The van der Waals surface area contributed by atoms with Gasteiger partial charge in [0.25, 0.3) is 0 Å². The molecular weight excluding hydrogens is 116 g/mol. The van der Waals surface area contributed by atoms with Crippen molar-refractivity contribution in [3.05, 3.63) is 0 Å². The van der Waals surface area contributed by atoms with Crippen LogP contribution in [0.2, 0.25) is 0 Å². The number of nitrogens with two attached hydrogens (primary N) is 1. The number of hydrogen-bond acceptors (Lipinski definition) is 2. The van der Waals surface area contributed by atoms with Crippen LogP contribution < -0.4 is 5.73 Å². The second-order valence-electron chi connectivity index (χ2n) is 2.12. The second-order valence-corrected chi connectivity index (χ2v) is 2.12. The molecule has 1 heterocycles. The van der Waals surface area contributed by atoms with E-state index in [0.29, 0.717) is 0 Å². The topological polar surface area (TPSA) is 47.6 Å². The van der Waals surface area contributed by atoms with Crippen LogP contribution in [-0.4, -0.2) is 19.2 Å². The first kappa shape index (κ1) is 6.55. The van der Waals surface area contributed by atoms with E-state index in [1.807, 2.05) is 0 Å². The molecule has 1 rings (SSSR count). The molecule has 0 amide bonds. The highest BCUT2D eigenvalue weighted by molar-refractivity contribution is 5.51. The maximum Gasteiger partial charge on any atom is 0.149 e. The summed E-state index contributed by atoms with van der Waals surface area (Å²) in [7, 11) is 0. The van der Waals surface area contributed by atoms with E-state index < -0.39 is 0 Å². The van der Waals surface area contributed by atoms with Gasteiger partial charge in [-0.3, -0.25) is 0 Å². The molecule has 0 aromatic carbocycles. The van der Waals surface area contributed by atoms with Crippen LogP contribution in [0.5, 0.6) is 0 Å². The molecule has 0 spiro atoms. The van der Waals surface area contributed by atoms with E-state index in [1.54, 1.807) is 0 Å². The molecule has 0 aromatic heterocycles. The number of hydrogen-bond donors (Lipinski definition) is 1. The minimum absolute atomic E-state index is 0.0451. The summed E-state index contributed by atoms with van der Waals surface area (Å²) in [6.07, 6.45) is 4.76. The summed E-state index contributed by atoms with van der Waals surface area (Å²) < 4.78 is 5.24. The lowest BCUT2D eigenvalue weighted by molar-refractivity contribution is 0.0226. The zero-order valence-corrected chi connectivity index (χ0v) is 5.42. The number of nitrogens with zero attached hydrogens (tertiary/aromatic N) is 1. The third-order valence-electron chi connectivity index (χ3n) is 1.41. The highest BCUT2D eigenvalue weighted by Gasteiger charge is 2.09. The van der Waals surface area contributed by atoms with Crippen LogP contribution in [0.1, 0.15) is 19.3 Å². The fourth-order valence-corrected chi connectivity index (χ4v) is 0.937. The van der Waals surface area contributed by atoms with Gasteiger partial charge < -0.3 is 10.5 Å². The largest absolute Gasteiger partial charge is 0.390 e. The van der Waals surface area contributed by atoms with E-state index in [0.717, 1.165) is 19.4 Å². The summed E-state index contributed by atoms with van der Waals surface area (Å²) in [6, 6.07) is 0. The molecule has 0 aromatic rings. The van der Waals surface area contributed by atoms with Gasteiger partial charge in [-0.25, -0.2) is 4.99 Å². The third kappa shape index (κ3) is 2.01. The highest BCUT2D eigenvalue weighted by atomic mass is 16.5. The van der Waals surface area contributed by atoms with E-state index in [1.165, 1.54) is 12.8 Å². The molecule has 3 nitrogen and oxygen atoms in total. The van der Waals surface area contributed by atoms with Crippen molar-refractivity contribution in [1.29, 1.82) is 0 Å². The monoisotopic (exact) mass is 128 g/mol. The molecule has 0 saturated carbocycles. The third-order valence-corrected chi connectivity index (χ3v) is 1.41. The van der Waals surface area contributed by atoms with Gasteiger partial charge in [0.05, 0.1) is 6.34 Å². The summed E-state index contributed by atoms with van der Waals surface area (Å²) in [5.41, 5.74) is 5.09. The summed E-state index contributed by atoms with van der Waals surface area (Å²) in [5.74, 6) is 0. The summed E-state index contributed by atoms with van der Waals surface area (Å²) in [6.45, 7) is 0.835. The zero-order valence-electron chi connectivity index (χ0n) is 5.42. The van der Waals surface area contributed by atoms with Gasteiger partial charge in [-0.15, -0.1) is 0 Å². The Morgan fingerprint density at radius 3 is 3.00 bits per heavy atom. The van der Waals surface area contributed by atoms with E-state index in [2.05, 4.69) is 4.99 Å². The van der Waals surface area contributed by atoms with E-state index >= 15 is 0 Å². The molecule has 1 fully saturated rings. The van der Waals surface area contributed by atoms with Crippen LogP contribution in [0.15, 0.2) is 4.99 Å². The first-order valence-electron chi connectivity index (χ1n) is 3.28. The molecule has 1 atom stereocenters. The Morgan fingerprint density at radius 2 is 2.44 bits per heavy atom. The average molecular weight is 128 g/mol. The Kier molecular flexibility index (Phi) is 2.51. The molecule has 0 radical (unpaired) electrons. The zero-order chi connectivity index (χ0) is 6.53. The Hall–Kier alpha value is -0.570. The Bertz CT molecular complexity index is 97.2. The van der Waals surface area contributed by atoms with Crippen LogP contribution in [0.4, 0.5) is 0 Å². The number of aliphatic imine (C=N–C) groups is 1. The lowest BCUT2D eigenvalue weighted by Gasteiger charge is -2.17. The normalized spacial score (nSPS) is 29.1. The standard InChI is InChI=1S/C6H12N2O/c7-5-8-6-3-1-2-4-9-6/h5-6H,1-4H2,(H2,7,8). The summed E-state index contributed by atoms with van der Waals surface area (Å²) >= 11 is 0. The molecule has 9 heavy (non-hydrogen) atoms. The predicted octanol–water partition coefficient (Wildman–Crippen LogP) is 0.500. The molecule has 1 unspecified atom stereocenters. The van der Waals surface area contributed by atoms with Gasteiger partial charge in [0.2, 0.25) is 0 Å². The number of ether oxygens (including phenoxy) is 1. The molecule has 1 saturated heterocycles. The van der Waals surface area contributed by atoms with Gasteiger partial charge in [-0.1, -0.05) is 0 Å². The summed E-state index contributed by atoms with van der Waals surface area (Å²) in [4.78, 5) is 3.91. The van der Waals surface area contributed by atoms with Crippen LogP contribution in [0.25, 0.3) is 0 Å².